The average Bonchev–Trinajstić information content (AvgIpc) is 2.42. The van der Waals surface area contributed by atoms with Gasteiger partial charge in [0.15, 0.2) is 0 Å². The third-order valence-electron chi connectivity index (χ3n) is 4.02. The highest BCUT2D eigenvalue weighted by molar-refractivity contribution is 5.65. The quantitative estimate of drug-likeness (QED) is 0.880. The Morgan fingerprint density at radius 1 is 1.32 bits per heavy atom. The molecule has 1 aromatic carbocycles. The molecule has 5 heteroatoms. The van der Waals surface area contributed by atoms with E-state index in [4.69, 9.17) is 10.8 Å². The van der Waals surface area contributed by atoms with Gasteiger partial charge in [0, 0.05) is 13.1 Å². The van der Waals surface area contributed by atoms with Crippen LogP contribution in [0.5, 0.6) is 0 Å². The van der Waals surface area contributed by atoms with Crippen LogP contribution in [0.25, 0.3) is 0 Å². The van der Waals surface area contributed by atoms with Crippen LogP contribution in [-0.2, 0) is 6.42 Å². The van der Waals surface area contributed by atoms with Crippen LogP contribution in [0, 0.1) is 11.2 Å². The van der Waals surface area contributed by atoms with Crippen LogP contribution in [0.1, 0.15) is 18.4 Å². The van der Waals surface area contributed by atoms with Gasteiger partial charge < -0.3 is 15.7 Å². The molecule has 1 aliphatic rings. The van der Waals surface area contributed by atoms with Crippen molar-refractivity contribution < 1.29 is 14.3 Å². The zero-order chi connectivity index (χ0) is 13.9. The Labute approximate surface area is 112 Å². The molecule has 0 saturated carbocycles. The normalized spacial score (nSPS) is 18.3. The van der Waals surface area contributed by atoms with Crippen LogP contribution in [0.3, 0.4) is 0 Å². The van der Waals surface area contributed by atoms with Gasteiger partial charge in [-0.25, -0.2) is 9.18 Å². The van der Waals surface area contributed by atoms with E-state index in [-0.39, 0.29) is 11.2 Å². The molecule has 0 spiro atoms. The van der Waals surface area contributed by atoms with E-state index in [0.717, 1.165) is 24.8 Å². The first-order chi connectivity index (χ1) is 9.04. The Hall–Kier alpha value is -1.62. The molecule has 104 valence electrons. The first-order valence-corrected chi connectivity index (χ1v) is 6.47. The fourth-order valence-electron chi connectivity index (χ4n) is 2.66. The zero-order valence-electron chi connectivity index (χ0n) is 10.8. The predicted molar refractivity (Wildman–Crippen MR) is 70.4 cm³/mol. The van der Waals surface area contributed by atoms with E-state index in [1.807, 2.05) is 0 Å². The van der Waals surface area contributed by atoms with Gasteiger partial charge in [0.05, 0.1) is 0 Å². The number of carboxylic acid groups (broad SMARTS) is 1. The van der Waals surface area contributed by atoms with Gasteiger partial charge in [-0.1, -0.05) is 12.1 Å². The number of hydrogen-bond donors (Lipinski definition) is 2. The first-order valence-electron chi connectivity index (χ1n) is 6.47. The number of benzene rings is 1. The van der Waals surface area contributed by atoms with Gasteiger partial charge in [-0.05, 0) is 48.9 Å². The maximum Gasteiger partial charge on any atom is 0.407 e. The van der Waals surface area contributed by atoms with Crippen LogP contribution in [0.15, 0.2) is 24.3 Å². The van der Waals surface area contributed by atoms with E-state index in [1.54, 1.807) is 12.1 Å². The van der Waals surface area contributed by atoms with Crippen molar-refractivity contribution in [2.24, 2.45) is 11.1 Å². The zero-order valence-corrected chi connectivity index (χ0v) is 10.8. The van der Waals surface area contributed by atoms with Crippen molar-refractivity contribution in [3.8, 4) is 0 Å². The summed E-state index contributed by atoms with van der Waals surface area (Å²) in [6, 6.07) is 6.45. The summed E-state index contributed by atoms with van der Waals surface area (Å²) in [5.41, 5.74) is 6.88. The molecule has 0 atom stereocenters. The lowest BCUT2D eigenvalue weighted by Gasteiger charge is -2.40. The number of amides is 1. The number of carbonyl (C=O) groups is 1. The first kappa shape index (κ1) is 13.8. The van der Waals surface area contributed by atoms with Crippen molar-refractivity contribution in [1.82, 2.24) is 4.90 Å². The summed E-state index contributed by atoms with van der Waals surface area (Å²) < 4.78 is 12.9. The maximum absolute atomic E-state index is 12.9. The average molecular weight is 266 g/mol. The van der Waals surface area contributed by atoms with Crippen molar-refractivity contribution in [1.29, 1.82) is 0 Å². The van der Waals surface area contributed by atoms with Gasteiger partial charge in [0.2, 0.25) is 0 Å². The molecule has 1 saturated heterocycles. The molecule has 1 heterocycles. The second-order valence-electron chi connectivity index (χ2n) is 5.28. The van der Waals surface area contributed by atoms with Crippen molar-refractivity contribution in [3.63, 3.8) is 0 Å². The minimum absolute atomic E-state index is 0.0657. The number of piperidine rings is 1. The summed E-state index contributed by atoms with van der Waals surface area (Å²) in [5, 5.41) is 8.95. The van der Waals surface area contributed by atoms with Gasteiger partial charge in [-0.15, -0.1) is 0 Å². The van der Waals surface area contributed by atoms with Gasteiger partial charge in [-0.2, -0.15) is 0 Å². The second kappa shape index (κ2) is 5.57. The van der Waals surface area contributed by atoms with Crippen molar-refractivity contribution >= 4 is 6.09 Å². The molecule has 4 nitrogen and oxygen atoms in total. The number of nitrogens with zero attached hydrogens (tertiary/aromatic N) is 1. The monoisotopic (exact) mass is 266 g/mol. The van der Waals surface area contributed by atoms with Crippen LogP contribution < -0.4 is 5.73 Å². The fourth-order valence-corrected chi connectivity index (χ4v) is 2.66. The molecule has 1 aromatic rings. The molecule has 0 aromatic heterocycles. The number of nitrogens with two attached hydrogens (primary N) is 1. The smallest absolute Gasteiger partial charge is 0.407 e. The third-order valence-corrected chi connectivity index (χ3v) is 4.02. The van der Waals surface area contributed by atoms with E-state index in [0.29, 0.717) is 19.6 Å². The minimum atomic E-state index is -0.868. The lowest BCUT2D eigenvalue weighted by atomic mass is 9.74. The number of halogens is 1. The summed E-state index contributed by atoms with van der Waals surface area (Å²) in [6.07, 6.45) is 1.42. The standard InChI is InChI=1S/C14H19FN2O2/c15-12-3-1-11(2-4-12)9-14(10-16)5-7-17(8-6-14)13(18)19/h1-4H,5-10,16H2,(H,18,19). The number of hydrogen-bond acceptors (Lipinski definition) is 2. The lowest BCUT2D eigenvalue weighted by Crippen LogP contribution is -2.46. The highest BCUT2D eigenvalue weighted by Crippen LogP contribution is 2.34. The Kier molecular flexibility index (Phi) is 4.04. The molecular weight excluding hydrogens is 247 g/mol. The van der Waals surface area contributed by atoms with E-state index >= 15 is 0 Å². The molecule has 1 fully saturated rings. The second-order valence-corrected chi connectivity index (χ2v) is 5.28. The number of likely N-dealkylation sites (tertiary alicyclic amines) is 1. The molecule has 1 aliphatic heterocycles. The van der Waals surface area contributed by atoms with Gasteiger partial charge in [0.1, 0.15) is 5.82 Å². The molecule has 0 aliphatic carbocycles. The minimum Gasteiger partial charge on any atom is -0.465 e. The molecule has 19 heavy (non-hydrogen) atoms. The Morgan fingerprint density at radius 2 is 1.89 bits per heavy atom. The van der Waals surface area contributed by atoms with Crippen LogP contribution in [-0.4, -0.2) is 35.7 Å². The largest absolute Gasteiger partial charge is 0.465 e. The van der Waals surface area contributed by atoms with E-state index < -0.39 is 6.09 Å². The number of rotatable bonds is 3. The highest BCUT2D eigenvalue weighted by atomic mass is 19.1. The maximum atomic E-state index is 12.9. The Balaban J connectivity index is 2.04. The van der Waals surface area contributed by atoms with Gasteiger partial charge in [0.25, 0.3) is 0 Å². The summed E-state index contributed by atoms with van der Waals surface area (Å²) in [7, 11) is 0. The molecule has 1 amide bonds. The summed E-state index contributed by atoms with van der Waals surface area (Å²) >= 11 is 0. The molecule has 0 bridgehead atoms. The topological polar surface area (TPSA) is 66.6 Å². The predicted octanol–water partition coefficient (Wildman–Crippen LogP) is 2.09. The van der Waals surface area contributed by atoms with Crippen molar-refractivity contribution in [2.75, 3.05) is 19.6 Å². The molecule has 2 rings (SSSR count). The van der Waals surface area contributed by atoms with Crippen molar-refractivity contribution in [3.05, 3.63) is 35.6 Å². The molecule has 0 unspecified atom stereocenters. The van der Waals surface area contributed by atoms with E-state index in [2.05, 4.69) is 0 Å². The third kappa shape index (κ3) is 3.23. The molecule has 0 radical (unpaired) electrons. The summed E-state index contributed by atoms with van der Waals surface area (Å²) in [4.78, 5) is 12.3. The van der Waals surface area contributed by atoms with Gasteiger partial charge >= 0.3 is 6.09 Å². The van der Waals surface area contributed by atoms with Crippen LogP contribution >= 0.6 is 0 Å². The summed E-state index contributed by atoms with van der Waals surface area (Å²) in [5.74, 6) is -0.244. The highest BCUT2D eigenvalue weighted by Gasteiger charge is 2.34. The fraction of sp³-hybridized carbons (Fsp3) is 0.500. The van der Waals surface area contributed by atoms with Crippen molar-refractivity contribution in [2.45, 2.75) is 19.3 Å². The van der Waals surface area contributed by atoms with E-state index in [1.165, 1.54) is 17.0 Å². The van der Waals surface area contributed by atoms with Gasteiger partial charge in [-0.3, -0.25) is 0 Å². The van der Waals surface area contributed by atoms with Crippen LogP contribution in [0.2, 0.25) is 0 Å². The Morgan fingerprint density at radius 3 is 2.37 bits per heavy atom. The Bertz CT molecular complexity index is 439. The molecule has 3 N–H and O–H groups in total. The lowest BCUT2D eigenvalue weighted by molar-refractivity contribution is 0.0926. The van der Waals surface area contributed by atoms with Crippen LogP contribution in [0.4, 0.5) is 9.18 Å². The summed E-state index contributed by atoms with van der Waals surface area (Å²) in [6.45, 7) is 1.57. The van der Waals surface area contributed by atoms with E-state index in [9.17, 15) is 9.18 Å². The molecular formula is C14H19FN2O2. The SMILES string of the molecule is NCC1(Cc2ccc(F)cc2)CCN(C(=O)O)CC1.